The zero-order valence-electron chi connectivity index (χ0n) is 10.4. The van der Waals surface area contributed by atoms with E-state index in [0.29, 0.717) is 17.3 Å². The molecule has 1 aromatic rings. The lowest BCUT2D eigenvalue weighted by atomic mass is 10.0. The molecule has 1 N–H and O–H groups in total. The van der Waals surface area contributed by atoms with Crippen LogP contribution in [0.5, 0.6) is 0 Å². The Labute approximate surface area is 112 Å². The van der Waals surface area contributed by atoms with Crippen LogP contribution in [-0.4, -0.2) is 40.1 Å². The first kappa shape index (κ1) is 13.3. The number of aliphatic hydroxyl groups is 1. The van der Waals surface area contributed by atoms with Gasteiger partial charge in [0, 0.05) is 19.8 Å². The van der Waals surface area contributed by atoms with E-state index in [9.17, 15) is 9.90 Å². The first-order valence-electron chi connectivity index (χ1n) is 6.10. The molecular formula is C13H17ClN2O2. The summed E-state index contributed by atoms with van der Waals surface area (Å²) >= 11 is 5.68. The maximum absolute atomic E-state index is 12.1. The lowest BCUT2D eigenvalue weighted by Crippen LogP contribution is -2.42. The Bertz CT molecular complexity index is 427. The SMILES string of the molecule is CN(CC1(O)CCCC1)C(=O)c1ccc(Cl)nc1. The van der Waals surface area contributed by atoms with Crippen molar-refractivity contribution in [2.24, 2.45) is 0 Å². The van der Waals surface area contributed by atoms with Gasteiger partial charge < -0.3 is 10.0 Å². The molecule has 2 rings (SSSR count). The second-order valence-electron chi connectivity index (χ2n) is 4.96. The molecular weight excluding hydrogens is 252 g/mol. The van der Waals surface area contributed by atoms with Crippen molar-refractivity contribution in [3.63, 3.8) is 0 Å². The maximum Gasteiger partial charge on any atom is 0.255 e. The van der Waals surface area contributed by atoms with Crippen molar-refractivity contribution in [3.8, 4) is 0 Å². The van der Waals surface area contributed by atoms with Crippen molar-refractivity contribution in [3.05, 3.63) is 29.0 Å². The lowest BCUT2D eigenvalue weighted by Gasteiger charge is -2.28. The average Bonchev–Trinajstić information content (AvgIpc) is 2.76. The highest BCUT2D eigenvalue weighted by atomic mass is 35.5. The van der Waals surface area contributed by atoms with E-state index in [1.807, 2.05) is 0 Å². The molecule has 1 aliphatic carbocycles. The number of halogens is 1. The lowest BCUT2D eigenvalue weighted by molar-refractivity contribution is 0.0156. The molecule has 1 amide bonds. The Kier molecular flexibility index (Phi) is 3.88. The van der Waals surface area contributed by atoms with Gasteiger partial charge in [-0.2, -0.15) is 0 Å². The van der Waals surface area contributed by atoms with Crippen molar-refractivity contribution in [1.29, 1.82) is 0 Å². The van der Waals surface area contributed by atoms with Gasteiger partial charge in [-0.05, 0) is 25.0 Å². The van der Waals surface area contributed by atoms with Crippen molar-refractivity contribution < 1.29 is 9.90 Å². The molecule has 0 saturated heterocycles. The van der Waals surface area contributed by atoms with Gasteiger partial charge in [0.1, 0.15) is 5.15 Å². The number of likely N-dealkylation sites (N-methyl/N-ethyl adjacent to an activating group) is 1. The largest absolute Gasteiger partial charge is 0.388 e. The van der Waals surface area contributed by atoms with E-state index in [0.717, 1.165) is 25.7 Å². The van der Waals surface area contributed by atoms with Crippen molar-refractivity contribution in [2.45, 2.75) is 31.3 Å². The van der Waals surface area contributed by atoms with E-state index in [-0.39, 0.29) is 5.91 Å². The third kappa shape index (κ3) is 3.00. The number of hydrogen-bond acceptors (Lipinski definition) is 3. The number of carbonyl (C=O) groups is 1. The molecule has 1 heterocycles. The van der Waals surface area contributed by atoms with E-state index < -0.39 is 5.60 Å². The van der Waals surface area contributed by atoms with Crippen LogP contribution in [0.3, 0.4) is 0 Å². The molecule has 1 saturated carbocycles. The predicted octanol–water partition coefficient (Wildman–Crippen LogP) is 2.11. The minimum atomic E-state index is -0.718. The highest BCUT2D eigenvalue weighted by Crippen LogP contribution is 2.30. The highest BCUT2D eigenvalue weighted by Gasteiger charge is 2.33. The topological polar surface area (TPSA) is 53.4 Å². The molecule has 1 fully saturated rings. The monoisotopic (exact) mass is 268 g/mol. The number of aromatic nitrogens is 1. The molecule has 1 aromatic heterocycles. The van der Waals surface area contributed by atoms with E-state index in [1.165, 1.54) is 6.20 Å². The summed E-state index contributed by atoms with van der Waals surface area (Å²) in [5, 5.41) is 10.6. The molecule has 1 aliphatic rings. The van der Waals surface area contributed by atoms with Gasteiger partial charge in [0.05, 0.1) is 11.2 Å². The van der Waals surface area contributed by atoms with Crippen LogP contribution in [0, 0.1) is 0 Å². The van der Waals surface area contributed by atoms with Crippen molar-refractivity contribution >= 4 is 17.5 Å². The van der Waals surface area contributed by atoms with E-state index in [2.05, 4.69) is 4.98 Å². The number of carbonyl (C=O) groups excluding carboxylic acids is 1. The Morgan fingerprint density at radius 2 is 2.17 bits per heavy atom. The van der Waals surface area contributed by atoms with Crippen molar-refractivity contribution in [2.75, 3.05) is 13.6 Å². The van der Waals surface area contributed by atoms with E-state index >= 15 is 0 Å². The average molecular weight is 269 g/mol. The summed E-state index contributed by atoms with van der Waals surface area (Å²) in [6, 6.07) is 3.24. The van der Waals surface area contributed by atoms with Gasteiger partial charge >= 0.3 is 0 Å². The zero-order valence-corrected chi connectivity index (χ0v) is 11.2. The Hall–Kier alpha value is -1.13. The van der Waals surface area contributed by atoms with Crippen LogP contribution in [0.2, 0.25) is 5.15 Å². The molecule has 0 aliphatic heterocycles. The van der Waals surface area contributed by atoms with Crippen LogP contribution in [0.25, 0.3) is 0 Å². The minimum Gasteiger partial charge on any atom is -0.388 e. The van der Waals surface area contributed by atoms with Gasteiger partial charge in [-0.25, -0.2) is 4.98 Å². The molecule has 0 spiro atoms. The molecule has 98 valence electrons. The summed E-state index contributed by atoms with van der Waals surface area (Å²) in [4.78, 5) is 17.6. The van der Waals surface area contributed by atoms with Gasteiger partial charge in [-0.15, -0.1) is 0 Å². The first-order valence-corrected chi connectivity index (χ1v) is 6.47. The summed E-state index contributed by atoms with van der Waals surface area (Å²) in [5.41, 5.74) is -0.229. The minimum absolute atomic E-state index is 0.139. The molecule has 5 heteroatoms. The standard InChI is InChI=1S/C13H17ClN2O2/c1-16(9-13(18)6-2-3-7-13)12(17)10-4-5-11(14)15-8-10/h4-5,8,18H,2-3,6-7,9H2,1H3. The van der Waals surface area contributed by atoms with Crippen LogP contribution < -0.4 is 0 Å². The molecule has 4 nitrogen and oxygen atoms in total. The maximum atomic E-state index is 12.1. The van der Waals surface area contributed by atoms with Crippen LogP contribution in [0.4, 0.5) is 0 Å². The van der Waals surface area contributed by atoms with Gasteiger partial charge in [-0.3, -0.25) is 4.79 Å². The molecule has 18 heavy (non-hydrogen) atoms. The number of pyridine rings is 1. The summed E-state index contributed by atoms with van der Waals surface area (Å²) < 4.78 is 0. The molecule has 0 bridgehead atoms. The van der Waals surface area contributed by atoms with Gasteiger partial charge in [-0.1, -0.05) is 24.4 Å². The normalized spacial score (nSPS) is 17.7. The summed E-state index contributed by atoms with van der Waals surface area (Å²) in [6.07, 6.45) is 5.05. The van der Waals surface area contributed by atoms with Crippen LogP contribution >= 0.6 is 11.6 Å². The smallest absolute Gasteiger partial charge is 0.255 e. The van der Waals surface area contributed by atoms with Crippen molar-refractivity contribution in [1.82, 2.24) is 9.88 Å². The first-order chi connectivity index (χ1) is 8.50. The fourth-order valence-corrected chi connectivity index (χ4v) is 2.54. The number of nitrogens with zero attached hydrogens (tertiary/aromatic N) is 2. The van der Waals surface area contributed by atoms with Crippen LogP contribution in [0.1, 0.15) is 36.0 Å². The summed E-state index contributed by atoms with van der Waals surface area (Å²) in [6.45, 7) is 0.370. The van der Waals surface area contributed by atoms with Gasteiger partial charge in [0.15, 0.2) is 0 Å². The Morgan fingerprint density at radius 1 is 1.50 bits per heavy atom. The van der Waals surface area contributed by atoms with Crippen LogP contribution in [-0.2, 0) is 0 Å². The summed E-state index contributed by atoms with van der Waals surface area (Å²) in [7, 11) is 1.70. The third-order valence-corrected chi connectivity index (χ3v) is 3.61. The second kappa shape index (κ2) is 5.24. The summed E-state index contributed by atoms with van der Waals surface area (Å²) in [5.74, 6) is -0.139. The fraction of sp³-hybridized carbons (Fsp3) is 0.538. The zero-order chi connectivity index (χ0) is 13.2. The van der Waals surface area contributed by atoms with E-state index in [4.69, 9.17) is 11.6 Å². The quantitative estimate of drug-likeness (QED) is 0.855. The third-order valence-electron chi connectivity index (χ3n) is 3.39. The molecule has 0 aromatic carbocycles. The highest BCUT2D eigenvalue weighted by molar-refractivity contribution is 6.29. The number of rotatable bonds is 3. The Balaban J connectivity index is 2.02. The van der Waals surface area contributed by atoms with E-state index in [1.54, 1.807) is 24.1 Å². The number of hydrogen-bond donors (Lipinski definition) is 1. The fourth-order valence-electron chi connectivity index (χ4n) is 2.43. The van der Waals surface area contributed by atoms with Crippen LogP contribution in [0.15, 0.2) is 18.3 Å². The molecule has 0 radical (unpaired) electrons. The Morgan fingerprint density at radius 3 is 2.72 bits per heavy atom. The number of amides is 1. The molecule has 0 unspecified atom stereocenters. The van der Waals surface area contributed by atoms with Gasteiger partial charge in [0.25, 0.3) is 5.91 Å². The molecule has 0 atom stereocenters. The predicted molar refractivity (Wildman–Crippen MR) is 69.6 cm³/mol. The van der Waals surface area contributed by atoms with Gasteiger partial charge in [0.2, 0.25) is 0 Å². The second-order valence-corrected chi connectivity index (χ2v) is 5.35.